The van der Waals surface area contributed by atoms with E-state index in [2.05, 4.69) is 29.2 Å². The van der Waals surface area contributed by atoms with Gasteiger partial charge in [0.15, 0.2) is 0 Å². The van der Waals surface area contributed by atoms with Gasteiger partial charge in [-0.3, -0.25) is 0 Å². The predicted molar refractivity (Wildman–Crippen MR) is 53.8 cm³/mol. The van der Waals surface area contributed by atoms with Crippen LogP contribution in [0, 0.1) is 17.7 Å². The zero-order valence-electron chi connectivity index (χ0n) is 7.81. The lowest BCUT2D eigenvalue weighted by atomic mass is 10.2. The maximum absolute atomic E-state index is 13.2. The summed E-state index contributed by atoms with van der Waals surface area (Å²) < 4.78 is 52.1. The van der Waals surface area contributed by atoms with Crippen molar-refractivity contribution in [2.75, 3.05) is 5.75 Å². The summed E-state index contributed by atoms with van der Waals surface area (Å²) in [6.07, 6.45) is -4.83. The van der Waals surface area contributed by atoms with Crippen LogP contribution < -0.4 is 4.74 Å². The summed E-state index contributed by atoms with van der Waals surface area (Å²) in [5.41, 5.74) is 0.00331. The number of alkyl halides is 3. The largest absolute Gasteiger partial charge is 0.573 e. The van der Waals surface area contributed by atoms with Gasteiger partial charge in [0, 0.05) is 6.07 Å². The van der Waals surface area contributed by atoms with Crippen molar-refractivity contribution in [1.82, 2.24) is 0 Å². The highest BCUT2D eigenvalue weighted by atomic mass is 32.1. The first-order valence-electron chi connectivity index (χ1n) is 4.07. The molecule has 0 unspecified atom stereocenters. The Bertz CT molecular complexity index is 431. The Kier molecular flexibility index (Phi) is 4.07. The van der Waals surface area contributed by atoms with Crippen LogP contribution in [0.3, 0.4) is 0 Å². The molecule has 0 aromatic heterocycles. The van der Waals surface area contributed by atoms with E-state index in [9.17, 15) is 17.6 Å². The standard InChI is InChI=1S/C10H6F4OS/c11-9-6-8(15-10(12,13)14)4-3-7(9)2-1-5-16/h3-4,6,16H,5H2. The van der Waals surface area contributed by atoms with Gasteiger partial charge < -0.3 is 4.74 Å². The molecule has 0 atom stereocenters. The second-order valence-electron chi connectivity index (χ2n) is 2.65. The Labute approximate surface area is 94.8 Å². The normalized spacial score (nSPS) is 10.6. The van der Waals surface area contributed by atoms with Gasteiger partial charge in [-0.1, -0.05) is 11.8 Å². The van der Waals surface area contributed by atoms with Gasteiger partial charge in [0.1, 0.15) is 11.6 Å². The van der Waals surface area contributed by atoms with Gasteiger partial charge in [0.05, 0.1) is 11.3 Å². The molecule has 6 heteroatoms. The summed E-state index contributed by atoms with van der Waals surface area (Å²) in [7, 11) is 0. The zero-order chi connectivity index (χ0) is 12.2. The summed E-state index contributed by atoms with van der Waals surface area (Å²) in [4.78, 5) is 0. The highest BCUT2D eigenvalue weighted by molar-refractivity contribution is 7.80. The molecule has 0 heterocycles. The van der Waals surface area contributed by atoms with Crippen LogP contribution in [0.2, 0.25) is 0 Å². The molecule has 1 rings (SSSR count). The third-order valence-corrected chi connectivity index (χ3v) is 1.63. The minimum absolute atomic E-state index is 0.00331. The number of thiol groups is 1. The van der Waals surface area contributed by atoms with Crippen molar-refractivity contribution in [3.63, 3.8) is 0 Å². The predicted octanol–water partition coefficient (Wildman–Crippen LogP) is 3.01. The molecule has 1 aromatic carbocycles. The topological polar surface area (TPSA) is 9.23 Å². The molecule has 0 radical (unpaired) electrons. The quantitative estimate of drug-likeness (QED) is 0.458. The minimum atomic E-state index is -4.83. The molecule has 1 aromatic rings. The first kappa shape index (κ1) is 12.7. The molecule has 1 nitrogen and oxygen atoms in total. The number of ether oxygens (including phenoxy) is 1. The molecule has 0 aliphatic carbocycles. The summed E-state index contributed by atoms with van der Waals surface area (Å²) in [6.45, 7) is 0. The Hall–Kier alpha value is -1.35. The van der Waals surface area contributed by atoms with Gasteiger partial charge in [-0.25, -0.2) is 4.39 Å². The number of halogens is 4. The first-order valence-corrected chi connectivity index (χ1v) is 4.70. The van der Waals surface area contributed by atoms with Crippen LogP contribution in [0.25, 0.3) is 0 Å². The lowest BCUT2D eigenvalue weighted by Crippen LogP contribution is -2.17. The molecule has 0 saturated carbocycles. The molecule has 86 valence electrons. The van der Waals surface area contributed by atoms with Gasteiger partial charge in [0.2, 0.25) is 0 Å². The van der Waals surface area contributed by atoms with E-state index < -0.39 is 17.9 Å². The van der Waals surface area contributed by atoms with Gasteiger partial charge in [-0.2, -0.15) is 12.6 Å². The molecular weight excluding hydrogens is 244 g/mol. The maximum Gasteiger partial charge on any atom is 0.573 e. The van der Waals surface area contributed by atoms with Crippen molar-refractivity contribution in [2.24, 2.45) is 0 Å². The van der Waals surface area contributed by atoms with Gasteiger partial charge in [-0.15, -0.1) is 13.2 Å². The third-order valence-electron chi connectivity index (χ3n) is 1.48. The number of benzene rings is 1. The van der Waals surface area contributed by atoms with E-state index in [1.54, 1.807) is 0 Å². The number of hydrogen-bond acceptors (Lipinski definition) is 2. The number of hydrogen-bond donors (Lipinski definition) is 1. The van der Waals surface area contributed by atoms with Crippen LogP contribution in [0.15, 0.2) is 18.2 Å². The summed E-state index contributed by atoms with van der Waals surface area (Å²) in [5.74, 6) is 3.66. The molecule has 0 N–H and O–H groups in total. The fourth-order valence-corrected chi connectivity index (χ4v) is 1.01. The van der Waals surface area contributed by atoms with Crippen LogP contribution in [-0.4, -0.2) is 12.1 Å². The van der Waals surface area contributed by atoms with Crippen molar-refractivity contribution < 1.29 is 22.3 Å². The van der Waals surface area contributed by atoms with E-state index in [0.717, 1.165) is 12.1 Å². The fraction of sp³-hybridized carbons (Fsp3) is 0.200. The first-order chi connectivity index (χ1) is 7.42. The second kappa shape index (κ2) is 5.12. The smallest absolute Gasteiger partial charge is 0.406 e. The molecule has 16 heavy (non-hydrogen) atoms. The lowest BCUT2D eigenvalue weighted by Gasteiger charge is -2.08. The summed E-state index contributed by atoms with van der Waals surface area (Å²) in [6, 6.07) is 2.75. The Morgan fingerprint density at radius 3 is 2.50 bits per heavy atom. The van der Waals surface area contributed by atoms with E-state index >= 15 is 0 Å². The van der Waals surface area contributed by atoms with Gasteiger partial charge >= 0.3 is 6.36 Å². The highest BCUT2D eigenvalue weighted by Crippen LogP contribution is 2.24. The molecule has 0 amide bonds. The van der Waals surface area contributed by atoms with E-state index in [4.69, 9.17) is 0 Å². The van der Waals surface area contributed by atoms with E-state index in [1.165, 1.54) is 0 Å². The van der Waals surface area contributed by atoms with Gasteiger partial charge in [0.25, 0.3) is 0 Å². The summed E-state index contributed by atoms with van der Waals surface area (Å²) in [5, 5.41) is 0. The molecule has 0 spiro atoms. The average Bonchev–Trinajstić information content (AvgIpc) is 2.14. The van der Waals surface area contributed by atoms with Crippen LogP contribution in [-0.2, 0) is 0 Å². The van der Waals surface area contributed by atoms with E-state index in [-0.39, 0.29) is 11.3 Å². The SMILES string of the molecule is Fc1cc(OC(F)(F)F)ccc1C#CCS. The second-order valence-corrected chi connectivity index (χ2v) is 2.97. The Morgan fingerprint density at radius 1 is 1.31 bits per heavy atom. The van der Waals surface area contributed by atoms with E-state index in [0.29, 0.717) is 6.07 Å². The van der Waals surface area contributed by atoms with Crippen molar-refractivity contribution >= 4 is 12.6 Å². The average molecular weight is 250 g/mol. The third kappa shape index (κ3) is 4.03. The molecule has 0 bridgehead atoms. The Morgan fingerprint density at radius 2 is 2.00 bits per heavy atom. The number of rotatable bonds is 1. The zero-order valence-corrected chi connectivity index (χ0v) is 8.70. The molecule has 0 aliphatic heterocycles. The molecule has 0 saturated heterocycles. The van der Waals surface area contributed by atoms with Crippen molar-refractivity contribution in [1.29, 1.82) is 0 Å². The maximum atomic E-state index is 13.2. The monoisotopic (exact) mass is 250 g/mol. The fourth-order valence-electron chi connectivity index (χ4n) is 0.929. The molecule has 0 fully saturated rings. The van der Waals surface area contributed by atoms with Crippen molar-refractivity contribution in [3.05, 3.63) is 29.6 Å². The van der Waals surface area contributed by atoms with Crippen LogP contribution in [0.1, 0.15) is 5.56 Å². The van der Waals surface area contributed by atoms with E-state index in [1.807, 2.05) is 0 Å². The van der Waals surface area contributed by atoms with Crippen LogP contribution in [0.5, 0.6) is 5.75 Å². The van der Waals surface area contributed by atoms with Crippen molar-refractivity contribution in [2.45, 2.75) is 6.36 Å². The lowest BCUT2D eigenvalue weighted by molar-refractivity contribution is -0.274. The summed E-state index contributed by atoms with van der Waals surface area (Å²) >= 11 is 3.79. The van der Waals surface area contributed by atoms with Crippen LogP contribution in [0.4, 0.5) is 17.6 Å². The van der Waals surface area contributed by atoms with Crippen molar-refractivity contribution in [3.8, 4) is 17.6 Å². The molecular formula is C10H6F4OS. The minimum Gasteiger partial charge on any atom is -0.406 e. The molecule has 0 aliphatic rings. The Balaban J connectivity index is 2.91. The highest BCUT2D eigenvalue weighted by Gasteiger charge is 2.31. The van der Waals surface area contributed by atoms with Gasteiger partial charge in [-0.05, 0) is 12.1 Å². The van der Waals surface area contributed by atoms with Crippen LogP contribution >= 0.6 is 12.6 Å².